The van der Waals surface area contributed by atoms with Gasteiger partial charge in [0.15, 0.2) is 0 Å². The van der Waals surface area contributed by atoms with Gasteiger partial charge >= 0.3 is 0 Å². The summed E-state index contributed by atoms with van der Waals surface area (Å²) in [4.78, 5) is 4.97. The Hall–Kier alpha value is -5.67. The van der Waals surface area contributed by atoms with Crippen molar-refractivity contribution < 1.29 is 0 Å². The van der Waals surface area contributed by atoms with Crippen LogP contribution in [0.1, 0.15) is 0 Å². The molecular weight excluding hydrogens is 510 g/mol. The van der Waals surface area contributed by atoms with Crippen LogP contribution in [0.5, 0.6) is 0 Å². The van der Waals surface area contributed by atoms with Crippen LogP contribution in [0, 0.1) is 0 Å². The maximum Gasteiger partial charge on any atom is 0.145 e. The predicted molar refractivity (Wildman–Crippen MR) is 175 cm³/mol. The van der Waals surface area contributed by atoms with Crippen LogP contribution in [0.15, 0.2) is 152 Å². The van der Waals surface area contributed by atoms with E-state index in [4.69, 9.17) is 4.98 Å². The number of hydrogen-bond acceptors (Lipinski definition) is 1. The minimum atomic E-state index is 0.979. The van der Waals surface area contributed by atoms with Gasteiger partial charge in [0, 0.05) is 32.8 Å². The number of benzene rings is 6. The Labute approximate surface area is 242 Å². The number of aromatic nitrogens is 3. The number of rotatable bonds is 3. The number of hydrogen-bond donors (Lipinski definition) is 0. The van der Waals surface area contributed by atoms with E-state index >= 15 is 0 Å². The van der Waals surface area contributed by atoms with Gasteiger partial charge in [-0.05, 0) is 52.9 Å². The number of fused-ring (bicyclic) bond motifs is 9. The van der Waals surface area contributed by atoms with Crippen molar-refractivity contribution in [2.45, 2.75) is 0 Å². The zero-order valence-electron chi connectivity index (χ0n) is 22.8. The Morgan fingerprint density at radius 3 is 1.71 bits per heavy atom. The molecule has 0 amide bonds. The van der Waals surface area contributed by atoms with Crippen LogP contribution < -0.4 is 0 Å². The lowest BCUT2D eigenvalue weighted by Crippen LogP contribution is -1.96. The summed E-state index contributed by atoms with van der Waals surface area (Å²) in [5.74, 6) is 0. The van der Waals surface area contributed by atoms with Gasteiger partial charge in [0.2, 0.25) is 0 Å². The van der Waals surface area contributed by atoms with Gasteiger partial charge in [-0.1, -0.05) is 109 Å². The fourth-order valence-electron chi connectivity index (χ4n) is 6.64. The second-order valence-electron chi connectivity index (χ2n) is 10.9. The summed E-state index contributed by atoms with van der Waals surface area (Å²) in [5, 5.41) is 6.14. The van der Waals surface area contributed by atoms with Crippen molar-refractivity contribution in [3.05, 3.63) is 152 Å². The van der Waals surface area contributed by atoms with Crippen LogP contribution in [0.3, 0.4) is 0 Å². The van der Waals surface area contributed by atoms with E-state index in [1.54, 1.807) is 0 Å². The Kier molecular flexibility index (Phi) is 4.90. The second-order valence-corrected chi connectivity index (χ2v) is 10.9. The molecule has 3 heterocycles. The molecule has 9 rings (SSSR count). The fourth-order valence-corrected chi connectivity index (χ4v) is 6.64. The van der Waals surface area contributed by atoms with Crippen molar-refractivity contribution in [1.29, 1.82) is 0 Å². The Morgan fingerprint density at radius 2 is 1.00 bits per heavy atom. The van der Waals surface area contributed by atoms with Crippen molar-refractivity contribution >= 4 is 49.1 Å². The molecule has 0 saturated carbocycles. The largest absolute Gasteiger partial charge is 0.309 e. The van der Waals surface area contributed by atoms with Gasteiger partial charge < -0.3 is 4.57 Å². The summed E-state index contributed by atoms with van der Waals surface area (Å²) in [6.45, 7) is 0. The van der Waals surface area contributed by atoms with Crippen LogP contribution >= 0.6 is 0 Å². The van der Waals surface area contributed by atoms with Crippen LogP contribution in [-0.4, -0.2) is 14.0 Å². The topological polar surface area (TPSA) is 22.2 Å². The van der Waals surface area contributed by atoms with E-state index in [-0.39, 0.29) is 0 Å². The quantitative estimate of drug-likeness (QED) is 0.206. The van der Waals surface area contributed by atoms with Gasteiger partial charge in [0.1, 0.15) is 5.65 Å². The van der Waals surface area contributed by atoms with Gasteiger partial charge in [-0.2, -0.15) is 0 Å². The van der Waals surface area contributed by atoms with Gasteiger partial charge in [-0.3, -0.25) is 4.40 Å². The summed E-state index contributed by atoms with van der Waals surface area (Å²) >= 11 is 0. The van der Waals surface area contributed by atoms with E-state index in [9.17, 15) is 0 Å². The monoisotopic (exact) mass is 535 g/mol. The molecule has 0 spiro atoms. The van der Waals surface area contributed by atoms with Crippen LogP contribution in [0.2, 0.25) is 0 Å². The summed E-state index contributed by atoms with van der Waals surface area (Å²) < 4.78 is 4.68. The van der Waals surface area contributed by atoms with Crippen molar-refractivity contribution in [2.24, 2.45) is 0 Å². The van der Waals surface area contributed by atoms with E-state index in [1.165, 1.54) is 43.7 Å². The molecule has 196 valence electrons. The van der Waals surface area contributed by atoms with Crippen molar-refractivity contribution in [3.8, 4) is 28.1 Å². The number of para-hydroxylation sites is 2. The molecule has 3 heteroatoms. The molecule has 3 nitrogen and oxygen atoms in total. The molecule has 9 aromatic rings. The molecule has 0 N–H and O–H groups in total. The molecule has 6 aromatic carbocycles. The third kappa shape index (κ3) is 3.31. The highest BCUT2D eigenvalue weighted by Gasteiger charge is 2.16. The summed E-state index contributed by atoms with van der Waals surface area (Å²) in [6, 6.07) is 52.2. The third-order valence-electron chi connectivity index (χ3n) is 8.57. The van der Waals surface area contributed by atoms with Crippen molar-refractivity contribution in [3.63, 3.8) is 0 Å². The molecule has 0 fully saturated rings. The first kappa shape index (κ1) is 23.1. The zero-order chi connectivity index (χ0) is 27.6. The normalized spacial score (nSPS) is 11.8. The lowest BCUT2D eigenvalue weighted by molar-refractivity contribution is 1.18. The first-order valence-corrected chi connectivity index (χ1v) is 14.3. The van der Waals surface area contributed by atoms with Crippen molar-refractivity contribution in [1.82, 2.24) is 14.0 Å². The minimum Gasteiger partial charge on any atom is -0.309 e. The highest BCUT2D eigenvalue weighted by molar-refractivity contribution is 6.13. The minimum absolute atomic E-state index is 0.979. The molecule has 0 aliphatic heterocycles. The number of pyridine rings is 1. The number of nitrogens with zero attached hydrogens (tertiary/aromatic N) is 3. The van der Waals surface area contributed by atoms with E-state index in [0.29, 0.717) is 0 Å². The highest BCUT2D eigenvalue weighted by atomic mass is 15.0. The first-order chi connectivity index (χ1) is 20.8. The Bertz CT molecular complexity index is 2390. The first-order valence-electron chi connectivity index (χ1n) is 14.3. The lowest BCUT2D eigenvalue weighted by atomic mass is 9.99. The summed E-state index contributed by atoms with van der Waals surface area (Å²) in [7, 11) is 0. The van der Waals surface area contributed by atoms with Crippen LogP contribution in [0.25, 0.3) is 77.2 Å². The van der Waals surface area contributed by atoms with Crippen LogP contribution in [-0.2, 0) is 0 Å². The molecule has 42 heavy (non-hydrogen) atoms. The molecule has 0 aliphatic carbocycles. The maximum atomic E-state index is 4.97. The van der Waals surface area contributed by atoms with E-state index in [2.05, 4.69) is 155 Å². The summed E-state index contributed by atoms with van der Waals surface area (Å²) in [6.07, 6.45) is 2.02. The van der Waals surface area contributed by atoms with Gasteiger partial charge in [-0.15, -0.1) is 0 Å². The number of imidazole rings is 1. The summed E-state index contributed by atoms with van der Waals surface area (Å²) in [5.41, 5.74) is 10.4. The Morgan fingerprint density at radius 1 is 0.405 bits per heavy atom. The van der Waals surface area contributed by atoms with E-state index in [1.807, 2.05) is 6.20 Å². The van der Waals surface area contributed by atoms with E-state index in [0.717, 1.165) is 33.5 Å². The molecule has 0 aliphatic rings. The molecule has 0 bridgehead atoms. The average Bonchev–Trinajstić information content (AvgIpc) is 3.66. The van der Waals surface area contributed by atoms with E-state index < -0.39 is 0 Å². The molecule has 3 aromatic heterocycles. The van der Waals surface area contributed by atoms with Gasteiger partial charge in [0.05, 0.1) is 28.4 Å². The molecular formula is C39H25N3. The smallest absolute Gasteiger partial charge is 0.145 e. The second kappa shape index (κ2) is 8.92. The Balaban J connectivity index is 1.25. The SMILES string of the molecule is c1ccc(-c2ccc3c(c2)c2ccccc2c2ncc(-c4ccc(-n5c6ccccc6c6ccccc65)cc4)n32)cc1. The molecule has 0 unspecified atom stereocenters. The average molecular weight is 536 g/mol. The molecule has 0 atom stereocenters. The fraction of sp³-hybridized carbons (Fsp3) is 0. The third-order valence-corrected chi connectivity index (χ3v) is 8.57. The van der Waals surface area contributed by atoms with Gasteiger partial charge in [0.25, 0.3) is 0 Å². The molecule has 0 radical (unpaired) electrons. The van der Waals surface area contributed by atoms with Crippen molar-refractivity contribution in [2.75, 3.05) is 0 Å². The maximum absolute atomic E-state index is 4.97. The molecule has 0 saturated heterocycles. The standard InChI is InChI=1S/C39H25N3/c1-2-10-26(11-3-1)28-20-23-37-34(24-28)30-12-4-5-15-33(30)39-40-25-38(42(37)39)27-18-21-29(22-19-27)41-35-16-8-6-13-31(35)32-14-7-9-17-36(32)41/h1-25H. The predicted octanol–water partition coefficient (Wildman–Crippen LogP) is 10.1. The highest BCUT2D eigenvalue weighted by Crippen LogP contribution is 2.36. The van der Waals surface area contributed by atoms with Crippen LogP contribution in [0.4, 0.5) is 0 Å². The zero-order valence-corrected chi connectivity index (χ0v) is 22.8. The van der Waals surface area contributed by atoms with Gasteiger partial charge in [-0.25, -0.2) is 4.98 Å². The lowest BCUT2D eigenvalue weighted by Gasteiger charge is -2.13.